The quantitative estimate of drug-likeness (QED) is 0.516. The summed E-state index contributed by atoms with van der Waals surface area (Å²) in [5.41, 5.74) is 0. The molecule has 2 bridgehead atoms. The van der Waals surface area contributed by atoms with E-state index in [1.165, 1.54) is 7.11 Å². The smallest absolute Gasteiger partial charge is 0.315 e. The minimum absolute atomic E-state index is 0.0194. The second-order valence-corrected chi connectivity index (χ2v) is 4.36. The molecule has 2 aliphatic rings. The average molecular weight is 212 g/mol. The molecule has 0 radical (unpaired) electrons. The van der Waals surface area contributed by atoms with Crippen molar-refractivity contribution >= 4 is 11.8 Å². The summed E-state index contributed by atoms with van der Waals surface area (Å²) in [7, 11) is 1.31. The van der Waals surface area contributed by atoms with Gasteiger partial charge >= 0.3 is 5.97 Å². The van der Waals surface area contributed by atoms with Crippen LogP contribution in [0.5, 0.6) is 0 Å². The third-order valence-electron chi connectivity index (χ3n) is 3.45. The molecule has 0 aliphatic carbocycles. The minimum atomic E-state index is -0.650. The first kappa shape index (κ1) is 10.6. The van der Waals surface area contributed by atoms with Crippen molar-refractivity contribution in [2.45, 2.75) is 38.4 Å². The van der Waals surface area contributed by atoms with Crippen molar-refractivity contribution in [2.75, 3.05) is 7.11 Å². The second kappa shape index (κ2) is 3.93. The lowest BCUT2D eigenvalue weighted by Gasteiger charge is -2.19. The number of ether oxygens (including phenoxy) is 2. The maximum Gasteiger partial charge on any atom is 0.315 e. The highest BCUT2D eigenvalue weighted by Crippen LogP contribution is 2.40. The number of hydrogen-bond acceptors (Lipinski definition) is 4. The van der Waals surface area contributed by atoms with Crippen molar-refractivity contribution in [3.8, 4) is 0 Å². The van der Waals surface area contributed by atoms with Crippen LogP contribution in [-0.4, -0.2) is 31.1 Å². The number of Topliss-reactive ketones (excluding diaryl/α,β-unsaturated/α-hetero) is 1. The Bertz CT molecular complexity index is 286. The molecule has 0 amide bonds. The summed E-state index contributed by atoms with van der Waals surface area (Å²) >= 11 is 0. The van der Waals surface area contributed by atoms with Crippen LogP contribution in [0.4, 0.5) is 0 Å². The SMILES string of the molecule is COC(=O)C(C)C(=O)C1CC2CCC1O2. The molecule has 0 N–H and O–H groups in total. The van der Waals surface area contributed by atoms with Crippen LogP contribution in [0.2, 0.25) is 0 Å². The van der Waals surface area contributed by atoms with Crippen molar-refractivity contribution in [1.29, 1.82) is 0 Å². The minimum Gasteiger partial charge on any atom is -0.468 e. The molecule has 0 aromatic carbocycles. The van der Waals surface area contributed by atoms with E-state index in [0.717, 1.165) is 19.3 Å². The number of hydrogen-bond donors (Lipinski definition) is 0. The van der Waals surface area contributed by atoms with E-state index < -0.39 is 11.9 Å². The van der Waals surface area contributed by atoms with Crippen molar-refractivity contribution in [2.24, 2.45) is 11.8 Å². The van der Waals surface area contributed by atoms with Crippen LogP contribution < -0.4 is 0 Å². The molecule has 84 valence electrons. The molecule has 4 atom stereocenters. The molecule has 15 heavy (non-hydrogen) atoms. The topological polar surface area (TPSA) is 52.6 Å². The predicted molar refractivity (Wildman–Crippen MR) is 52.2 cm³/mol. The van der Waals surface area contributed by atoms with Crippen molar-refractivity contribution in [1.82, 2.24) is 0 Å². The zero-order valence-corrected chi connectivity index (χ0v) is 9.06. The van der Waals surface area contributed by atoms with Crippen LogP contribution in [0.3, 0.4) is 0 Å². The van der Waals surface area contributed by atoms with Crippen LogP contribution >= 0.6 is 0 Å². The summed E-state index contributed by atoms with van der Waals surface area (Å²) in [4.78, 5) is 23.2. The third kappa shape index (κ3) is 1.78. The molecule has 0 saturated carbocycles. The summed E-state index contributed by atoms with van der Waals surface area (Å²) < 4.78 is 10.2. The molecular formula is C11H16O4. The number of fused-ring (bicyclic) bond motifs is 2. The van der Waals surface area contributed by atoms with E-state index in [4.69, 9.17) is 4.74 Å². The van der Waals surface area contributed by atoms with Gasteiger partial charge in [-0.2, -0.15) is 0 Å². The highest BCUT2D eigenvalue weighted by Gasteiger charge is 2.46. The number of ketones is 1. The Balaban J connectivity index is 1.99. The van der Waals surface area contributed by atoms with Gasteiger partial charge in [-0.25, -0.2) is 0 Å². The van der Waals surface area contributed by atoms with Gasteiger partial charge in [-0.3, -0.25) is 9.59 Å². The Morgan fingerprint density at radius 1 is 1.40 bits per heavy atom. The van der Waals surface area contributed by atoms with Crippen LogP contribution in [-0.2, 0) is 19.1 Å². The van der Waals surface area contributed by atoms with Crippen molar-refractivity contribution < 1.29 is 19.1 Å². The standard InChI is InChI=1S/C11H16O4/c1-6(11(13)14-2)10(12)8-5-7-3-4-9(8)15-7/h6-9H,3-5H2,1-2H3. The molecule has 4 unspecified atom stereocenters. The summed E-state index contributed by atoms with van der Waals surface area (Å²) in [5.74, 6) is -1.20. The molecule has 2 fully saturated rings. The Hall–Kier alpha value is -0.900. The van der Waals surface area contributed by atoms with Gasteiger partial charge in [-0.1, -0.05) is 0 Å². The summed E-state index contributed by atoms with van der Waals surface area (Å²) in [6.45, 7) is 1.61. The fourth-order valence-electron chi connectivity index (χ4n) is 2.55. The average Bonchev–Trinajstić information content (AvgIpc) is 2.87. The maximum absolute atomic E-state index is 12.0. The maximum atomic E-state index is 12.0. The summed E-state index contributed by atoms with van der Waals surface area (Å²) in [6.07, 6.45) is 3.09. The van der Waals surface area contributed by atoms with E-state index in [9.17, 15) is 9.59 Å². The Labute approximate surface area is 88.9 Å². The molecule has 0 aromatic heterocycles. The predicted octanol–water partition coefficient (Wildman–Crippen LogP) is 0.932. The molecule has 2 heterocycles. The summed E-state index contributed by atoms with van der Waals surface area (Å²) in [5, 5.41) is 0. The number of rotatable bonds is 3. The van der Waals surface area contributed by atoms with E-state index in [1.54, 1.807) is 6.92 Å². The van der Waals surface area contributed by atoms with Crippen LogP contribution in [0, 0.1) is 11.8 Å². The number of carbonyl (C=O) groups is 2. The lowest BCUT2D eigenvalue weighted by atomic mass is 9.82. The first-order chi connectivity index (χ1) is 7.13. The molecule has 4 heteroatoms. The van der Waals surface area contributed by atoms with Gasteiger partial charge in [0.25, 0.3) is 0 Å². The molecule has 2 aliphatic heterocycles. The van der Waals surface area contributed by atoms with Crippen LogP contribution in [0.1, 0.15) is 26.2 Å². The van der Waals surface area contributed by atoms with Gasteiger partial charge in [-0.05, 0) is 26.2 Å². The normalized spacial score (nSPS) is 35.2. The van der Waals surface area contributed by atoms with Crippen molar-refractivity contribution in [3.63, 3.8) is 0 Å². The van der Waals surface area contributed by atoms with Gasteiger partial charge in [0.1, 0.15) is 5.92 Å². The number of esters is 1. The van der Waals surface area contributed by atoms with Gasteiger partial charge in [-0.15, -0.1) is 0 Å². The Morgan fingerprint density at radius 2 is 2.13 bits per heavy atom. The van der Waals surface area contributed by atoms with E-state index >= 15 is 0 Å². The number of methoxy groups -OCH3 is 1. The van der Waals surface area contributed by atoms with Gasteiger partial charge in [0.05, 0.1) is 19.3 Å². The second-order valence-electron chi connectivity index (χ2n) is 4.36. The Morgan fingerprint density at radius 3 is 2.60 bits per heavy atom. The lowest BCUT2D eigenvalue weighted by Crippen LogP contribution is -2.33. The molecule has 0 aromatic rings. The third-order valence-corrected chi connectivity index (χ3v) is 3.45. The first-order valence-corrected chi connectivity index (χ1v) is 5.40. The molecule has 0 spiro atoms. The highest BCUT2D eigenvalue weighted by molar-refractivity contribution is 6.00. The fourth-order valence-corrected chi connectivity index (χ4v) is 2.55. The monoisotopic (exact) mass is 212 g/mol. The highest BCUT2D eigenvalue weighted by atomic mass is 16.5. The summed E-state index contributed by atoms with van der Waals surface area (Å²) in [6, 6.07) is 0. The molecular weight excluding hydrogens is 196 g/mol. The molecule has 2 rings (SSSR count). The van der Waals surface area contributed by atoms with E-state index in [0.29, 0.717) is 0 Å². The van der Waals surface area contributed by atoms with Crippen LogP contribution in [0.25, 0.3) is 0 Å². The van der Waals surface area contributed by atoms with Gasteiger partial charge in [0.2, 0.25) is 0 Å². The van der Waals surface area contributed by atoms with E-state index in [2.05, 4.69) is 4.74 Å². The van der Waals surface area contributed by atoms with E-state index in [1.807, 2.05) is 0 Å². The van der Waals surface area contributed by atoms with E-state index in [-0.39, 0.29) is 23.9 Å². The molecule has 4 nitrogen and oxygen atoms in total. The van der Waals surface area contributed by atoms with Crippen LogP contribution in [0.15, 0.2) is 0 Å². The Kier molecular flexibility index (Phi) is 2.78. The number of carbonyl (C=O) groups excluding carboxylic acids is 2. The van der Waals surface area contributed by atoms with Gasteiger partial charge in [0.15, 0.2) is 5.78 Å². The fraction of sp³-hybridized carbons (Fsp3) is 0.818. The van der Waals surface area contributed by atoms with Gasteiger partial charge in [0, 0.05) is 5.92 Å². The first-order valence-electron chi connectivity index (χ1n) is 5.40. The van der Waals surface area contributed by atoms with Gasteiger partial charge < -0.3 is 9.47 Å². The largest absolute Gasteiger partial charge is 0.468 e. The van der Waals surface area contributed by atoms with Crippen molar-refractivity contribution in [3.05, 3.63) is 0 Å². The zero-order valence-electron chi connectivity index (χ0n) is 9.06. The zero-order chi connectivity index (χ0) is 11.0. The lowest BCUT2D eigenvalue weighted by molar-refractivity contribution is -0.150. The molecule has 2 saturated heterocycles.